The van der Waals surface area contributed by atoms with Crippen LogP contribution >= 0.6 is 12.4 Å². The molecular formula is C16H21ClFN3O2. The average Bonchev–Trinajstić information content (AvgIpc) is 3.29. The van der Waals surface area contributed by atoms with Crippen molar-refractivity contribution in [2.24, 2.45) is 17.6 Å². The number of benzene rings is 1. The van der Waals surface area contributed by atoms with Crippen LogP contribution in [0.5, 0.6) is 0 Å². The lowest BCUT2D eigenvalue weighted by molar-refractivity contribution is -0.132. The maximum Gasteiger partial charge on any atom is 0.239 e. The molecule has 5 nitrogen and oxygen atoms in total. The van der Waals surface area contributed by atoms with Gasteiger partial charge in [0.25, 0.3) is 0 Å². The van der Waals surface area contributed by atoms with Crippen molar-refractivity contribution in [3.05, 3.63) is 30.1 Å². The van der Waals surface area contributed by atoms with E-state index in [0.717, 1.165) is 12.8 Å². The first-order valence-electron chi connectivity index (χ1n) is 7.66. The summed E-state index contributed by atoms with van der Waals surface area (Å²) in [5.41, 5.74) is 6.57. The Labute approximate surface area is 140 Å². The van der Waals surface area contributed by atoms with Gasteiger partial charge in [-0.15, -0.1) is 12.4 Å². The molecule has 1 aliphatic carbocycles. The Morgan fingerprint density at radius 2 is 1.96 bits per heavy atom. The van der Waals surface area contributed by atoms with Gasteiger partial charge < -0.3 is 16.0 Å². The van der Waals surface area contributed by atoms with Crippen LogP contribution in [0.25, 0.3) is 0 Å². The Balaban J connectivity index is 0.00000192. The SMILES string of the molecule is Cl.NC(CNC(=O)C1CCN(c2ccc(F)cc2)C1=O)C1CC1. The molecule has 3 rings (SSSR count). The second-order valence-electron chi connectivity index (χ2n) is 6.05. The molecule has 1 saturated carbocycles. The van der Waals surface area contributed by atoms with Crippen molar-refractivity contribution < 1.29 is 14.0 Å². The molecule has 23 heavy (non-hydrogen) atoms. The molecule has 1 aromatic carbocycles. The monoisotopic (exact) mass is 341 g/mol. The average molecular weight is 342 g/mol. The van der Waals surface area contributed by atoms with E-state index in [1.54, 1.807) is 12.1 Å². The van der Waals surface area contributed by atoms with Gasteiger partial charge in [0.2, 0.25) is 11.8 Å². The van der Waals surface area contributed by atoms with Crippen molar-refractivity contribution in [1.29, 1.82) is 0 Å². The van der Waals surface area contributed by atoms with Gasteiger partial charge in [-0.2, -0.15) is 0 Å². The van der Waals surface area contributed by atoms with Crippen molar-refractivity contribution in [3.8, 4) is 0 Å². The van der Waals surface area contributed by atoms with Crippen molar-refractivity contribution >= 4 is 29.9 Å². The predicted molar refractivity (Wildman–Crippen MR) is 87.8 cm³/mol. The molecule has 2 unspecified atom stereocenters. The highest BCUT2D eigenvalue weighted by Gasteiger charge is 2.38. The Kier molecular flexibility index (Phi) is 5.59. The quantitative estimate of drug-likeness (QED) is 0.796. The van der Waals surface area contributed by atoms with E-state index in [9.17, 15) is 14.0 Å². The maximum absolute atomic E-state index is 12.9. The summed E-state index contributed by atoms with van der Waals surface area (Å²) in [6.07, 6.45) is 2.72. The molecule has 2 fully saturated rings. The number of nitrogens with one attached hydrogen (secondary N) is 1. The van der Waals surface area contributed by atoms with Gasteiger partial charge in [0, 0.05) is 24.8 Å². The molecule has 0 radical (unpaired) electrons. The number of carbonyl (C=O) groups is 2. The molecule has 1 saturated heterocycles. The molecule has 0 spiro atoms. The topological polar surface area (TPSA) is 75.4 Å². The second kappa shape index (κ2) is 7.27. The van der Waals surface area contributed by atoms with E-state index in [2.05, 4.69) is 5.32 Å². The summed E-state index contributed by atoms with van der Waals surface area (Å²) < 4.78 is 12.9. The van der Waals surface area contributed by atoms with E-state index in [-0.39, 0.29) is 36.1 Å². The number of amides is 2. The zero-order chi connectivity index (χ0) is 15.7. The number of hydrogen-bond acceptors (Lipinski definition) is 3. The highest BCUT2D eigenvalue weighted by atomic mass is 35.5. The highest BCUT2D eigenvalue weighted by molar-refractivity contribution is 6.09. The largest absolute Gasteiger partial charge is 0.354 e. The molecule has 1 heterocycles. The first-order chi connectivity index (χ1) is 10.6. The van der Waals surface area contributed by atoms with Gasteiger partial charge in [0.05, 0.1) is 0 Å². The fraction of sp³-hybridized carbons (Fsp3) is 0.500. The second-order valence-corrected chi connectivity index (χ2v) is 6.05. The number of halogens is 2. The molecule has 7 heteroatoms. The zero-order valence-corrected chi connectivity index (χ0v) is 13.5. The van der Waals surface area contributed by atoms with Crippen LogP contribution in [0.2, 0.25) is 0 Å². The first kappa shape index (κ1) is 17.7. The van der Waals surface area contributed by atoms with Gasteiger partial charge in [-0.3, -0.25) is 9.59 Å². The molecule has 2 aliphatic rings. The number of rotatable bonds is 5. The summed E-state index contributed by atoms with van der Waals surface area (Å²) in [6, 6.07) is 5.70. The van der Waals surface area contributed by atoms with Gasteiger partial charge >= 0.3 is 0 Å². The molecule has 2 atom stereocenters. The summed E-state index contributed by atoms with van der Waals surface area (Å²) in [6.45, 7) is 0.890. The number of hydrogen-bond donors (Lipinski definition) is 2. The zero-order valence-electron chi connectivity index (χ0n) is 12.7. The summed E-state index contributed by atoms with van der Waals surface area (Å²) in [7, 11) is 0. The van der Waals surface area contributed by atoms with Gasteiger partial charge in [0.15, 0.2) is 0 Å². The lowest BCUT2D eigenvalue weighted by Crippen LogP contribution is -2.43. The number of carbonyl (C=O) groups excluding carboxylic acids is 2. The molecule has 1 aromatic rings. The molecule has 126 valence electrons. The first-order valence-corrected chi connectivity index (χ1v) is 7.66. The fourth-order valence-corrected chi connectivity index (χ4v) is 2.83. The third kappa shape index (κ3) is 4.00. The third-order valence-electron chi connectivity index (χ3n) is 4.40. The standard InChI is InChI=1S/C16H20FN3O2.ClH/c17-11-3-5-12(6-4-11)20-8-7-13(16(20)22)15(21)19-9-14(18)10-1-2-10;/h3-6,10,13-14H,1-2,7-9,18H2,(H,19,21);1H. The summed E-state index contributed by atoms with van der Waals surface area (Å²) in [4.78, 5) is 26.1. The van der Waals surface area contributed by atoms with Crippen molar-refractivity contribution in [1.82, 2.24) is 5.32 Å². The van der Waals surface area contributed by atoms with Crippen LogP contribution in [0, 0.1) is 17.7 Å². The predicted octanol–water partition coefficient (Wildman–Crippen LogP) is 1.45. The Bertz CT molecular complexity index is 577. The van der Waals surface area contributed by atoms with E-state index in [0.29, 0.717) is 31.1 Å². The van der Waals surface area contributed by atoms with Gasteiger partial charge in [-0.05, 0) is 49.4 Å². The van der Waals surface area contributed by atoms with E-state index in [1.165, 1.54) is 17.0 Å². The van der Waals surface area contributed by atoms with Crippen molar-refractivity contribution in [2.75, 3.05) is 18.0 Å². The van der Waals surface area contributed by atoms with Crippen LogP contribution in [-0.4, -0.2) is 30.9 Å². The van der Waals surface area contributed by atoms with Gasteiger partial charge in [-0.25, -0.2) is 4.39 Å². The van der Waals surface area contributed by atoms with E-state index in [4.69, 9.17) is 5.73 Å². The summed E-state index contributed by atoms with van der Waals surface area (Å²) in [5.74, 6) is -1.000. The Morgan fingerprint density at radius 1 is 1.30 bits per heavy atom. The highest BCUT2D eigenvalue weighted by Crippen LogP contribution is 2.31. The molecule has 2 amide bonds. The minimum atomic E-state index is -0.670. The molecular weight excluding hydrogens is 321 g/mol. The normalized spacial score (nSPS) is 21.7. The van der Waals surface area contributed by atoms with Crippen LogP contribution in [0.1, 0.15) is 19.3 Å². The van der Waals surface area contributed by atoms with Gasteiger partial charge in [0.1, 0.15) is 11.7 Å². The van der Waals surface area contributed by atoms with Crippen LogP contribution in [0.15, 0.2) is 24.3 Å². The van der Waals surface area contributed by atoms with Crippen LogP contribution in [0.4, 0.5) is 10.1 Å². The van der Waals surface area contributed by atoms with E-state index in [1.807, 2.05) is 0 Å². The molecule has 0 bridgehead atoms. The minimum Gasteiger partial charge on any atom is -0.354 e. The molecule has 3 N–H and O–H groups in total. The Morgan fingerprint density at radius 3 is 2.57 bits per heavy atom. The van der Waals surface area contributed by atoms with Crippen LogP contribution < -0.4 is 16.0 Å². The summed E-state index contributed by atoms with van der Waals surface area (Å²) >= 11 is 0. The summed E-state index contributed by atoms with van der Waals surface area (Å²) in [5, 5.41) is 2.79. The number of nitrogens with zero attached hydrogens (tertiary/aromatic N) is 1. The van der Waals surface area contributed by atoms with Crippen molar-refractivity contribution in [3.63, 3.8) is 0 Å². The maximum atomic E-state index is 12.9. The van der Waals surface area contributed by atoms with Crippen LogP contribution in [0.3, 0.4) is 0 Å². The smallest absolute Gasteiger partial charge is 0.239 e. The third-order valence-corrected chi connectivity index (χ3v) is 4.40. The minimum absolute atomic E-state index is 0. The van der Waals surface area contributed by atoms with Gasteiger partial charge in [-0.1, -0.05) is 0 Å². The molecule has 0 aromatic heterocycles. The number of nitrogens with two attached hydrogens (primary N) is 1. The van der Waals surface area contributed by atoms with Crippen LogP contribution in [-0.2, 0) is 9.59 Å². The molecule has 1 aliphatic heterocycles. The van der Waals surface area contributed by atoms with E-state index >= 15 is 0 Å². The fourth-order valence-electron chi connectivity index (χ4n) is 2.83. The van der Waals surface area contributed by atoms with E-state index < -0.39 is 5.92 Å². The van der Waals surface area contributed by atoms with Crippen molar-refractivity contribution in [2.45, 2.75) is 25.3 Å². The Hall–Kier alpha value is -1.66. The lowest BCUT2D eigenvalue weighted by atomic mass is 10.1. The number of anilines is 1. The lowest BCUT2D eigenvalue weighted by Gasteiger charge is -2.17.